The summed E-state index contributed by atoms with van der Waals surface area (Å²) >= 11 is 1.73. The highest BCUT2D eigenvalue weighted by molar-refractivity contribution is 7.19. The van der Waals surface area contributed by atoms with Gasteiger partial charge in [0.05, 0.1) is 12.0 Å². The predicted octanol–water partition coefficient (Wildman–Crippen LogP) is 3.96. The Morgan fingerprint density at radius 2 is 1.93 bits per heavy atom. The van der Waals surface area contributed by atoms with E-state index in [0.29, 0.717) is 6.04 Å². The third-order valence-corrected chi connectivity index (χ3v) is 6.91. The van der Waals surface area contributed by atoms with Crippen LogP contribution in [0.4, 0.5) is 10.6 Å². The first-order valence-corrected chi connectivity index (χ1v) is 11.3. The third-order valence-electron chi connectivity index (χ3n) is 5.74. The molecule has 2 aliphatic rings. The maximum atomic E-state index is 12.0. The van der Waals surface area contributed by atoms with Crippen LogP contribution in [0.5, 0.6) is 0 Å². The zero-order valence-electron chi connectivity index (χ0n) is 17.3. The molecule has 2 heterocycles. The SMILES string of the molecule is CC(C)(C)OC(=O)NC1CCC(Nc2ncnc3sc4c(c23)C(CO)CC4)CC1. The summed E-state index contributed by atoms with van der Waals surface area (Å²) in [7, 11) is 0. The highest BCUT2D eigenvalue weighted by atomic mass is 32.1. The number of aliphatic hydroxyl groups is 1. The van der Waals surface area contributed by atoms with Crippen molar-refractivity contribution in [1.82, 2.24) is 15.3 Å². The summed E-state index contributed by atoms with van der Waals surface area (Å²) < 4.78 is 5.36. The van der Waals surface area contributed by atoms with Gasteiger partial charge in [-0.05, 0) is 64.9 Å². The molecule has 1 unspecified atom stereocenters. The molecule has 4 rings (SSSR count). The summed E-state index contributed by atoms with van der Waals surface area (Å²) in [6.45, 7) is 5.80. The second kappa shape index (κ2) is 8.07. The van der Waals surface area contributed by atoms with Crippen LogP contribution in [0, 0.1) is 0 Å². The molecule has 2 aromatic rings. The molecule has 0 aromatic carbocycles. The summed E-state index contributed by atoms with van der Waals surface area (Å²) in [5.74, 6) is 1.08. The zero-order chi connectivity index (χ0) is 20.6. The molecule has 1 fully saturated rings. The van der Waals surface area contributed by atoms with E-state index in [0.717, 1.165) is 54.6 Å². The van der Waals surface area contributed by atoms with E-state index < -0.39 is 5.60 Å². The van der Waals surface area contributed by atoms with Gasteiger partial charge >= 0.3 is 6.09 Å². The van der Waals surface area contributed by atoms with Crippen molar-refractivity contribution in [2.45, 2.75) is 82.9 Å². The molecule has 1 amide bonds. The van der Waals surface area contributed by atoms with Crippen LogP contribution in [-0.2, 0) is 11.2 Å². The number of alkyl carbamates (subject to hydrolysis) is 1. The number of hydrogen-bond donors (Lipinski definition) is 3. The number of thiophene rings is 1. The second-order valence-electron chi connectivity index (χ2n) is 9.10. The lowest BCUT2D eigenvalue weighted by atomic mass is 9.91. The number of nitrogens with one attached hydrogen (secondary N) is 2. The fraction of sp³-hybridized carbons (Fsp3) is 0.667. The number of ether oxygens (including phenoxy) is 1. The predicted molar refractivity (Wildman–Crippen MR) is 115 cm³/mol. The summed E-state index contributed by atoms with van der Waals surface area (Å²) in [6, 6.07) is 0.465. The Morgan fingerprint density at radius 3 is 2.62 bits per heavy atom. The number of aromatic nitrogens is 2. The number of fused-ring (bicyclic) bond motifs is 3. The number of anilines is 1. The second-order valence-corrected chi connectivity index (χ2v) is 10.2. The molecule has 2 aliphatic carbocycles. The van der Waals surface area contributed by atoms with Gasteiger partial charge in [-0.15, -0.1) is 11.3 Å². The van der Waals surface area contributed by atoms with E-state index in [9.17, 15) is 9.90 Å². The van der Waals surface area contributed by atoms with Gasteiger partial charge in [0.25, 0.3) is 0 Å². The zero-order valence-corrected chi connectivity index (χ0v) is 18.1. The standard InChI is InChI=1S/C21H30N4O3S/c1-21(2,3)28-20(27)25-14-7-5-13(6-8-14)24-18-17-16-12(10-26)4-9-15(16)29-19(17)23-11-22-18/h11-14,26H,4-10H2,1-3H3,(H,25,27)(H,22,23,24). The van der Waals surface area contributed by atoms with Gasteiger partial charge in [0.15, 0.2) is 0 Å². The fourth-order valence-electron chi connectivity index (χ4n) is 4.41. The van der Waals surface area contributed by atoms with E-state index in [1.165, 1.54) is 10.4 Å². The van der Waals surface area contributed by atoms with Crippen LogP contribution in [0.3, 0.4) is 0 Å². The maximum Gasteiger partial charge on any atom is 0.407 e. The van der Waals surface area contributed by atoms with Crippen molar-refractivity contribution in [1.29, 1.82) is 0 Å². The van der Waals surface area contributed by atoms with E-state index in [4.69, 9.17) is 4.74 Å². The summed E-state index contributed by atoms with van der Waals surface area (Å²) in [4.78, 5) is 23.4. The van der Waals surface area contributed by atoms with Crippen LogP contribution in [-0.4, -0.2) is 45.5 Å². The monoisotopic (exact) mass is 418 g/mol. The van der Waals surface area contributed by atoms with Crippen LogP contribution in [0.15, 0.2) is 6.33 Å². The minimum Gasteiger partial charge on any atom is -0.444 e. The number of hydrogen-bond acceptors (Lipinski definition) is 7. The molecule has 29 heavy (non-hydrogen) atoms. The van der Waals surface area contributed by atoms with E-state index >= 15 is 0 Å². The van der Waals surface area contributed by atoms with E-state index in [1.807, 2.05) is 20.8 Å². The molecule has 158 valence electrons. The van der Waals surface area contributed by atoms with Crippen molar-refractivity contribution in [2.75, 3.05) is 11.9 Å². The lowest BCUT2D eigenvalue weighted by Gasteiger charge is -2.31. The van der Waals surface area contributed by atoms with Gasteiger partial charge in [-0.25, -0.2) is 14.8 Å². The Balaban J connectivity index is 1.40. The fourth-order valence-corrected chi connectivity index (χ4v) is 5.65. The van der Waals surface area contributed by atoms with Crippen molar-refractivity contribution >= 4 is 33.5 Å². The normalized spacial score (nSPS) is 24.3. The van der Waals surface area contributed by atoms with E-state index in [-0.39, 0.29) is 24.7 Å². The molecule has 8 heteroatoms. The quantitative estimate of drug-likeness (QED) is 0.695. The highest BCUT2D eigenvalue weighted by Crippen LogP contribution is 2.45. The maximum absolute atomic E-state index is 12.0. The van der Waals surface area contributed by atoms with E-state index in [1.54, 1.807) is 17.7 Å². The molecule has 7 nitrogen and oxygen atoms in total. The molecule has 0 spiro atoms. The van der Waals surface area contributed by atoms with Gasteiger partial charge in [-0.1, -0.05) is 0 Å². The highest BCUT2D eigenvalue weighted by Gasteiger charge is 2.30. The molecular formula is C21H30N4O3S. The van der Waals surface area contributed by atoms with Gasteiger partial charge < -0.3 is 20.5 Å². The van der Waals surface area contributed by atoms with Crippen molar-refractivity contribution < 1.29 is 14.6 Å². The first-order valence-electron chi connectivity index (χ1n) is 10.5. The van der Waals surface area contributed by atoms with Crippen molar-refractivity contribution in [3.05, 3.63) is 16.8 Å². The van der Waals surface area contributed by atoms with Crippen LogP contribution in [0.25, 0.3) is 10.2 Å². The largest absolute Gasteiger partial charge is 0.444 e. The first-order chi connectivity index (χ1) is 13.8. The number of rotatable bonds is 4. The van der Waals surface area contributed by atoms with Crippen molar-refractivity contribution in [3.8, 4) is 0 Å². The summed E-state index contributed by atoms with van der Waals surface area (Å²) in [6.07, 6.45) is 7.04. The molecule has 0 bridgehead atoms. The number of aryl methyl sites for hydroxylation is 1. The summed E-state index contributed by atoms with van der Waals surface area (Å²) in [5, 5.41) is 17.5. The number of carbonyl (C=O) groups is 1. The first kappa shape index (κ1) is 20.3. The van der Waals surface area contributed by atoms with Gasteiger partial charge in [0.2, 0.25) is 0 Å². The van der Waals surface area contributed by atoms with Gasteiger partial charge in [-0.2, -0.15) is 0 Å². The average molecular weight is 419 g/mol. The Kier molecular flexibility index (Phi) is 5.66. The number of carbonyl (C=O) groups excluding carboxylic acids is 1. The number of amides is 1. The Hall–Kier alpha value is -1.93. The Morgan fingerprint density at radius 1 is 1.21 bits per heavy atom. The van der Waals surface area contributed by atoms with Crippen LogP contribution in [0.1, 0.15) is 69.2 Å². The smallest absolute Gasteiger partial charge is 0.407 e. The lowest BCUT2D eigenvalue weighted by molar-refractivity contribution is 0.0492. The van der Waals surface area contributed by atoms with Crippen molar-refractivity contribution in [3.63, 3.8) is 0 Å². The molecule has 0 saturated heterocycles. The molecule has 1 saturated carbocycles. The lowest BCUT2D eigenvalue weighted by Crippen LogP contribution is -2.42. The number of nitrogens with zero attached hydrogens (tertiary/aromatic N) is 2. The van der Waals surface area contributed by atoms with Gasteiger partial charge in [-0.3, -0.25) is 0 Å². The molecule has 0 aliphatic heterocycles. The van der Waals surface area contributed by atoms with Gasteiger partial charge in [0.1, 0.15) is 22.6 Å². The molecule has 1 atom stereocenters. The van der Waals surface area contributed by atoms with Crippen LogP contribution < -0.4 is 10.6 Å². The van der Waals surface area contributed by atoms with Crippen LogP contribution in [0.2, 0.25) is 0 Å². The summed E-state index contributed by atoms with van der Waals surface area (Å²) in [5.41, 5.74) is 0.768. The minimum absolute atomic E-state index is 0.150. The minimum atomic E-state index is -0.478. The molecular weight excluding hydrogens is 388 g/mol. The third kappa shape index (κ3) is 4.48. The van der Waals surface area contributed by atoms with Gasteiger partial charge in [0, 0.05) is 22.9 Å². The number of aliphatic hydroxyl groups excluding tert-OH is 1. The average Bonchev–Trinajstić information content (AvgIpc) is 3.20. The molecule has 0 radical (unpaired) electrons. The van der Waals surface area contributed by atoms with E-state index in [2.05, 4.69) is 20.6 Å². The van der Waals surface area contributed by atoms with Crippen LogP contribution >= 0.6 is 11.3 Å². The molecule has 2 aromatic heterocycles. The Bertz CT molecular complexity index is 884. The Labute approximate surface area is 175 Å². The van der Waals surface area contributed by atoms with Crippen molar-refractivity contribution in [2.24, 2.45) is 0 Å². The molecule has 3 N–H and O–H groups in total. The topological polar surface area (TPSA) is 96.4 Å².